The molecule has 0 amide bonds. The summed E-state index contributed by atoms with van der Waals surface area (Å²) >= 11 is 0. The highest BCUT2D eigenvalue weighted by atomic mass is 15.1. The average molecular weight is 429 g/mol. The highest BCUT2D eigenvalue weighted by Crippen LogP contribution is 2.39. The zero-order valence-corrected chi connectivity index (χ0v) is 20.1. The lowest BCUT2D eigenvalue weighted by Gasteiger charge is -2.33. The van der Waals surface area contributed by atoms with Crippen molar-refractivity contribution in [1.82, 2.24) is 19.9 Å². The van der Waals surface area contributed by atoms with E-state index in [2.05, 4.69) is 84.8 Å². The fourth-order valence-electron chi connectivity index (χ4n) is 5.65. The number of hydrogen-bond donors (Lipinski definition) is 2. The molecule has 0 bridgehead atoms. The SMILES string of the molecule is Cc1cc(-c2[nH]c3ccc(C4CCN(CC(C)C)CC4)cc3c2C(C)C)cc2[nH]cnc12. The van der Waals surface area contributed by atoms with Crippen molar-refractivity contribution >= 4 is 21.9 Å². The first kappa shape index (κ1) is 21.3. The zero-order valence-electron chi connectivity index (χ0n) is 20.1. The molecule has 2 aromatic heterocycles. The predicted molar refractivity (Wildman–Crippen MR) is 135 cm³/mol. The molecule has 2 N–H and O–H groups in total. The summed E-state index contributed by atoms with van der Waals surface area (Å²) in [6.45, 7) is 15.1. The number of benzene rings is 2. The van der Waals surface area contributed by atoms with Crippen molar-refractivity contribution in [2.45, 2.75) is 59.3 Å². The highest BCUT2D eigenvalue weighted by Gasteiger charge is 2.23. The summed E-state index contributed by atoms with van der Waals surface area (Å²) in [7, 11) is 0. The first-order chi connectivity index (χ1) is 15.4. The smallest absolute Gasteiger partial charge is 0.0931 e. The molecule has 4 nitrogen and oxygen atoms in total. The molecule has 2 aromatic carbocycles. The van der Waals surface area contributed by atoms with Gasteiger partial charge in [0.1, 0.15) is 0 Å². The Bertz CT molecular complexity index is 1240. The van der Waals surface area contributed by atoms with Gasteiger partial charge in [0.2, 0.25) is 0 Å². The number of hydrogen-bond acceptors (Lipinski definition) is 2. The standard InChI is InChI=1S/C28H36N4/c1-17(2)15-32-10-8-20(9-11-32)21-6-7-24-23(13-21)26(18(3)4)28(31-24)22-12-19(5)27-25(14-22)29-16-30-27/h6-7,12-14,16-18,20,31H,8-11,15H2,1-5H3,(H,29,30). The third-order valence-corrected chi connectivity index (χ3v) is 7.13. The minimum Gasteiger partial charge on any atom is -0.354 e. The second-order valence-corrected chi connectivity index (χ2v) is 10.4. The fraction of sp³-hybridized carbons (Fsp3) is 0.464. The van der Waals surface area contributed by atoms with Crippen molar-refractivity contribution in [3.63, 3.8) is 0 Å². The molecule has 1 aliphatic heterocycles. The molecule has 1 saturated heterocycles. The molecule has 0 aliphatic carbocycles. The van der Waals surface area contributed by atoms with Crippen LogP contribution in [0.25, 0.3) is 33.2 Å². The summed E-state index contributed by atoms with van der Waals surface area (Å²) in [4.78, 5) is 14.2. The van der Waals surface area contributed by atoms with E-state index in [1.165, 1.54) is 71.3 Å². The molecular weight excluding hydrogens is 392 g/mol. The highest BCUT2D eigenvalue weighted by molar-refractivity contribution is 5.94. The Balaban J connectivity index is 1.52. The number of aromatic nitrogens is 3. The molecule has 0 spiro atoms. The third kappa shape index (κ3) is 3.86. The molecule has 4 heteroatoms. The van der Waals surface area contributed by atoms with Crippen LogP contribution in [-0.4, -0.2) is 39.5 Å². The van der Waals surface area contributed by atoms with Crippen LogP contribution < -0.4 is 0 Å². The van der Waals surface area contributed by atoms with Gasteiger partial charge in [-0.2, -0.15) is 0 Å². The molecule has 0 atom stereocenters. The van der Waals surface area contributed by atoms with Gasteiger partial charge in [0.15, 0.2) is 0 Å². The quantitative estimate of drug-likeness (QED) is 0.360. The lowest BCUT2D eigenvalue weighted by atomic mass is 9.87. The molecule has 4 aromatic rings. The minimum absolute atomic E-state index is 0.444. The molecule has 1 aliphatic rings. The minimum atomic E-state index is 0.444. The van der Waals surface area contributed by atoms with E-state index in [0.717, 1.165) is 17.0 Å². The molecule has 32 heavy (non-hydrogen) atoms. The summed E-state index contributed by atoms with van der Waals surface area (Å²) in [5, 5.41) is 1.39. The van der Waals surface area contributed by atoms with Gasteiger partial charge in [-0.05, 0) is 91.6 Å². The topological polar surface area (TPSA) is 47.7 Å². The first-order valence-electron chi connectivity index (χ1n) is 12.2. The number of rotatable bonds is 5. The zero-order chi connectivity index (χ0) is 22.4. The summed E-state index contributed by atoms with van der Waals surface area (Å²) in [5.41, 5.74) is 10.0. The molecule has 5 rings (SSSR count). The Hall–Kier alpha value is -2.59. The molecule has 0 unspecified atom stereocenters. The number of nitrogens with one attached hydrogen (secondary N) is 2. The van der Waals surface area contributed by atoms with Crippen LogP contribution in [0, 0.1) is 12.8 Å². The van der Waals surface area contributed by atoms with Crippen molar-refractivity contribution < 1.29 is 0 Å². The summed E-state index contributed by atoms with van der Waals surface area (Å²) in [5.74, 6) is 1.86. The van der Waals surface area contributed by atoms with E-state index in [0.29, 0.717) is 11.8 Å². The maximum atomic E-state index is 4.47. The lowest BCUT2D eigenvalue weighted by molar-refractivity contribution is 0.192. The molecular formula is C28H36N4. The van der Waals surface area contributed by atoms with E-state index in [-0.39, 0.29) is 0 Å². The van der Waals surface area contributed by atoms with E-state index in [1.54, 1.807) is 6.33 Å². The number of fused-ring (bicyclic) bond motifs is 2. The molecule has 0 radical (unpaired) electrons. The van der Waals surface area contributed by atoms with Crippen LogP contribution in [0.4, 0.5) is 0 Å². The van der Waals surface area contributed by atoms with Crippen LogP contribution in [0.1, 0.15) is 69.1 Å². The van der Waals surface area contributed by atoms with E-state index >= 15 is 0 Å². The van der Waals surface area contributed by atoms with Crippen molar-refractivity contribution in [2.75, 3.05) is 19.6 Å². The van der Waals surface area contributed by atoms with Crippen LogP contribution in [0.5, 0.6) is 0 Å². The molecule has 1 fully saturated rings. The van der Waals surface area contributed by atoms with Crippen molar-refractivity contribution in [2.24, 2.45) is 5.92 Å². The second kappa shape index (κ2) is 8.40. The van der Waals surface area contributed by atoms with Crippen LogP contribution >= 0.6 is 0 Å². The van der Waals surface area contributed by atoms with Crippen molar-refractivity contribution in [3.8, 4) is 11.3 Å². The Morgan fingerprint density at radius 2 is 1.81 bits per heavy atom. The van der Waals surface area contributed by atoms with Gasteiger partial charge in [0, 0.05) is 23.0 Å². The first-order valence-corrected chi connectivity index (χ1v) is 12.2. The normalized spacial score (nSPS) is 16.2. The molecule has 0 saturated carbocycles. The molecule has 3 heterocycles. The summed E-state index contributed by atoms with van der Waals surface area (Å²) < 4.78 is 0. The van der Waals surface area contributed by atoms with Crippen molar-refractivity contribution in [1.29, 1.82) is 0 Å². The number of aryl methyl sites for hydroxylation is 1. The number of imidazole rings is 1. The predicted octanol–water partition coefficient (Wildman–Crippen LogP) is 6.98. The number of nitrogens with zero attached hydrogens (tertiary/aromatic N) is 2. The Kier molecular flexibility index (Phi) is 5.58. The van der Waals surface area contributed by atoms with Gasteiger partial charge in [-0.3, -0.25) is 0 Å². The van der Waals surface area contributed by atoms with Gasteiger partial charge >= 0.3 is 0 Å². The van der Waals surface area contributed by atoms with Crippen LogP contribution in [-0.2, 0) is 0 Å². The Labute approximate surface area is 191 Å². The van der Waals surface area contributed by atoms with Gasteiger partial charge in [-0.25, -0.2) is 4.98 Å². The second-order valence-electron chi connectivity index (χ2n) is 10.4. The van der Waals surface area contributed by atoms with Crippen LogP contribution in [0.3, 0.4) is 0 Å². The van der Waals surface area contributed by atoms with Gasteiger partial charge in [-0.1, -0.05) is 33.8 Å². The monoisotopic (exact) mass is 428 g/mol. The largest absolute Gasteiger partial charge is 0.354 e. The number of H-pyrrole nitrogens is 2. The van der Waals surface area contributed by atoms with Gasteiger partial charge in [-0.15, -0.1) is 0 Å². The van der Waals surface area contributed by atoms with Crippen molar-refractivity contribution in [3.05, 3.63) is 53.3 Å². The van der Waals surface area contributed by atoms with Crippen LogP contribution in [0.2, 0.25) is 0 Å². The fourth-order valence-corrected chi connectivity index (χ4v) is 5.65. The van der Waals surface area contributed by atoms with Gasteiger partial charge < -0.3 is 14.9 Å². The van der Waals surface area contributed by atoms with E-state index in [9.17, 15) is 0 Å². The number of aromatic amines is 2. The Morgan fingerprint density at radius 3 is 2.53 bits per heavy atom. The maximum absolute atomic E-state index is 4.47. The average Bonchev–Trinajstić information content (AvgIpc) is 3.38. The Morgan fingerprint density at radius 1 is 1.03 bits per heavy atom. The van der Waals surface area contributed by atoms with Gasteiger partial charge in [0.05, 0.1) is 23.1 Å². The van der Waals surface area contributed by atoms with Gasteiger partial charge in [0.25, 0.3) is 0 Å². The van der Waals surface area contributed by atoms with E-state index < -0.39 is 0 Å². The lowest BCUT2D eigenvalue weighted by Crippen LogP contribution is -2.35. The summed E-state index contributed by atoms with van der Waals surface area (Å²) in [6, 6.07) is 11.7. The third-order valence-electron chi connectivity index (χ3n) is 7.13. The maximum Gasteiger partial charge on any atom is 0.0931 e. The van der Waals surface area contributed by atoms with E-state index in [4.69, 9.17) is 0 Å². The van der Waals surface area contributed by atoms with E-state index in [1.807, 2.05) is 0 Å². The van der Waals surface area contributed by atoms with Crippen LogP contribution in [0.15, 0.2) is 36.7 Å². The summed E-state index contributed by atoms with van der Waals surface area (Å²) in [6.07, 6.45) is 4.32. The molecule has 168 valence electrons. The number of likely N-dealkylation sites (tertiary alicyclic amines) is 1. The number of piperidine rings is 1.